The molecule has 0 spiro atoms. The summed E-state index contributed by atoms with van der Waals surface area (Å²) < 4.78 is 0. The van der Waals surface area contributed by atoms with E-state index in [9.17, 15) is 4.79 Å². The Balaban J connectivity index is 2.31. The van der Waals surface area contributed by atoms with Gasteiger partial charge in [-0.25, -0.2) is 4.98 Å². The van der Waals surface area contributed by atoms with Crippen molar-refractivity contribution in [2.45, 2.75) is 53.0 Å². The first-order valence-electron chi connectivity index (χ1n) is 9.01. The summed E-state index contributed by atoms with van der Waals surface area (Å²) in [5.41, 5.74) is 3.24. The molecule has 2 aromatic rings. The van der Waals surface area contributed by atoms with Gasteiger partial charge in [0.2, 0.25) is 5.91 Å². The fourth-order valence-electron chi connectivity index (χ4n) is 2.87. The topological polar surface area (TPSA) is 58.1 Å². The van der Waals surface area contributed by atoms with Crippen molar-refractivity contribution in [3.05, 3.63) is 29.0 Å². The van der Waals surface area contributed by atoms with Crippen LogP contribution in [0.3, 0.4) is 0 Å². The van der Waals surface area contributed by atoms with E-state index in [-0.39, 0.29) is 11.9 Å². The van der Waals surface area contributed by atoms with Crippen LogP contribution < -0.4 is 5.32 Å². The van der Waals surface area contributed by atoms with Crippen LogP contribution in [-0.4, -0.2) is 39.9 Å². The lowest BCUT2D eigenvalue weighted by Gasteiger charge is -2.26. The number of anilines is 1. The van der Waals surface area contributed by atoms with Crippen molar-refractivity contribution in [3.8, 4) is 0 Å². The van der Waals surface area contributed by atoms with Crippen molar-refractivity contribution in [1.29, 1.82) is 0 Å². The number of nitrogens with one attached hydrogen (secondary N) is 1. The van der Waals surface area contributed by atoms with Crippen LogP contribution in [0, 0.1) is 0 Å². The number of pyridine rings is 2. The standard InChI is InChI=1S/C19H27ClN4O/c1-5-10-24(11-6-2)19(25)13(4)21-16-12-14(7-3)22-15-8-9-17(20)23-18(15)16/h8-9,12-13H,5-7,10-11H2,1-4H3,(H,21,22). The van der Waals surface area contributed by atoms with Gasteiger partial charge in [0, 0.05) is 18.8 Å². The third-order valence-corrected chi connectivity index (χ3v) is 4.28. The minimum atomic E-state index is -0.339. The lowest BCUT2D eigenvalue weighted by atomic mass is 10.2. The Hall–Kier alpha value is -1.88. The van der Waals surface area contributed by atoms with Crippen LogP contribution in [0.1, 0.15) is 46.2 Å². The van der Waals surface area contributed by atoms with Gasteiger partial charge in [-0.05, 0) is 44.4 Å². The van der Waals surface area contributed by atoms with Crippen LogP contribution in [0.25, 0.3) is 11.0 Å². The van der Waals surface area contributed by atoms with Gasteiger partial charge >= 0.3 is 0 Å². The predicted molar refractivity (Wildman–Crippen MR) is 104 cm³/mol. The number of carbonyl (C=O) groups excluding carboxylic acids is 1. The molecule has 0 bridgehead atoms. The Bertz CT molecular complexity index is 729. The molecule has 136 valence electrons. The normalized spacial score (nSPS) is 12.2. The number of rotatable bonds is 8. The van der Waals surface area contributed by atoms with Gasteiger partial charge in [0.05, 0.1) is 11.2 Å². The fourth-order valence-corrected chi connectivity index (χ4v) is 3.02. The lowest BCUT2D eigenvalue weighted by Crippen LogP contribution is -2.42. The highest BCUT2D eigenvalue weighted by molar-refractivity contribution is 6.29. The van der Waals surface area contributed by atoms with E-state index in [1.807, 2.05) is 24.0 Å². The molecule has 1 atom stereocenters. The van der Waals surface area contributed by atoms with Crippen LogP contribution in [-0.2, 0) is 11.2 Å². The number of amides is 1. The summed E-state index contributed by atoms with van der Waals surface area (Å²) in [5, 5.41) is 3.75. The average molecular weight is 363 g/mol. The summed E-state index contributed by atoms with van der Waals surface area (Å²) >= 11 is 6.05. The summed E-state index contributed by atoms with van der Waals surface area (Å²) in [5.74, 6) is 0.105. The molecule has 0 aliphatic heterocycles. The molecule has 6 heteroatoms. The molecule has 0 aromatic carbocycles. The molecular formula is C19H27ClN4O. The first-order chi connectivity index (χ1) is 12.0. The maximum Gasteiger partial charge on any atom is 0.244 e. The Kier molecular flexibility index (Phi) is 7.00. The number of aromatic nitrogens is 2. The van der Waals surface area contributed by atoms with Gasteiger partial charge in [0.25, 0.3) is 0 Å². The van der Waals surface area contributed by atoms with Crippen LogP contribution in [0.5, 0.6) is 0 Å². The van der Waals surface area contributed by atoms with Gasteiger partial charge in [-0.1, -0.05) is 32.4 Å². The van der Waals surface area contributed by atoms with E-state index in [0.29, 0.717) is 10.7 Å². The number of fused-ring (bicyclic) bond motifs is 1. The van der Waals surface area contributed by atoms with Gasteiger partial charge in [0.15, 0.2) is 0 Å². The van der Waals surface area contributed by atoms with Crippen LogP contribution in [0.15, 0.2) is 18.2 Å². The molecule has 2 rings (SSSR count). The minimum absolute atomic E-state index is 0.105. The number of hydrogen-bond donors (Lipinski definition) is 1. The highest BCUT2D eigenvalue weighted by Crippen LogP contribution is 2.24. The molecule has 0 aliphatic carbocycles. The highest BCUT2D eigenvalue weighted by Gasteiger charge is 2.20. The molecule has 0 radical (unpaired) electrons. The largest absolute Gasteiger partial charge is 0.372 e. The third-order valence-electron chi connectivity index (χ3n) is 4.07. The third kappa shape index (κ3) is 4.82. The first-order valence-corrected chi connectivity index (χ1v) is 9.39. The Morgan fingerprint density at radius 1 is 1.20 bits per heavy atom. The van der Waals surface area contributed by atoms with Gasteiger partial charge in [-0.2, -0.15) is 0 Å². The van der Waals surface area contributed by atoms with E-state index >= 15 is 0 Å². The van der Waals surface area contributed by atoms with Crippen molar-refractivity contribution < 1.29 is 4.79 Å². The molecule has 5 nitrogen and oxygen atoms in total. The molecule has 0 saturated heterocycles. The van der Waals surface area contributed by atoms with E-state index in [0.717, 1.165) is 49.2 Å². The van der Waals surface area contributed by atoms with Crippen molar-refractivity contribution in [1.82, 2.24) is 14.9 Å². The Morgan fingerprint density at radius 2 is 1.88 bits per heavy atom. The maximum atomic E-state index is 12.8. The molecule has 2 aromatic heterocycles. The van der Waals surface area contributed by atoms with Crippen molar-refractivity contribution >= 4 is 34.2 Å². The monoisotopic (exact) mass is 362 g/mol. The highest BCUT2D eigenvalue weighted by atomic mass is 35.5. The average Bonchev–Trinajstić information content (AvgIpc) is 2.61. The quantitative estimate of drug-likeness (QED) is 0.711. The van der Waals surface area contributed by atoms with E-state index in [1.54, 1.807) is 6.07 Å². The van der Waals surface area contributed by atoms with Gasteiger partial charge < -0.3 is 10.2 Å². The van der Waals surface area contributed by atoms with E-state index in [1.165, 1.54) is 0 Å². The Labute approximate surface area is 154 Å². The predicted octanol–water partition coefficient (Wildman–Crippen LogP) is 4.29. The molecule has 1 N–H and O–H groups in total. The summed E-state index contributed by atoms with van der Waals surface area (Å²) in [6.07, 6.45) is 2.72. The number of nitrogens with zero attached hydrogens (tertiary/aromatic N) is 3. The van der Waals surface area contributed by atoms with Crippen molar-refractivity contribution in [2.24, 2.45) is 0 Å². The van der Waals surface area contributed by atoms with E-state index in [2.05, 4.69) is 36.1 Å². The second-order valence-corrected chi connectivity index (χ2v) is 6.59. The summed E-state index contributed by atoms with van der Waals surface area (Å²) in [4.78, 5) is 23.7. The number of aryl methyl sites for hydroxylation is 1. The summed E-state index contributed by atoms with van der Waals surface area (Å²) in [6, 6.07) is 5.22. The van der Waals surface area contributed by atoms with Crippen LogP contribution >= 0.6 is 11.6 Å². The van der Waals surface area contributed by atoms with Crippen LogP contribution in [0.4, 0.5) is 5.69 Å². The molecule has 25 heavy (non-hydrogen) atoms. The molecule has 1 unspecified atom stereocenters. The maximum absolute atomic E-state index is 12.8. The molecule has 0 fully saturated rings. The van der Waals surface area contributed by atoms with Crippen molar-refractivity contribution in [3.63, 3.8) is 0 Å². The zero-order chi connectivity index (χ0) is 18.4. The SMILES string of the molecule is CCCN(CCC)C(=O)C(C)Nc1cc(CC)nc2ccc(Cl)nc12. The van der Waals surface area contributed by atoms with Gasteiger partial charge in [-0.15, -0.1) is 0 Å². The van der Waals surface area contributed by atoms with Crippen LogP contribution in [0.2, 0.25) is 5.15 Å². The molecule has 1 amide bonds. The second-order valence-electron chi connectivity index (χ2n) is 6.21. The minimum Gasteiger partial charge on any atom is -0.372 e. The number of halogens is 1. The molecule has 2 heterocycles. The van der Waals surface area contributed by atoms with E-state index in [4.69, 9.17) is 11.6 Å². The first kappa shape index (κ1) is 19.4. The zero-order valence-electron chi connectivity index (χ0n) is 15.5. The van der Waals surface area contributed by atoms with E-state index < -0.39 is 0 Å². The molecule has 0 saturated carbocycles. The number of hydrogen-bond acceptors (Lipinski definition) is 4. The fraction of sp³-hybridized carbons (Fsp3) is 0.526. The summed E-state index contributed by atoms with van der Waals surface area (Å²) in [7, 11) is 0. The Morgan fingerprint density at radius 3 is 2.48 bits per heavy atom. The molecular weight excluding hydrogens is 336 g/mol. The second kappa shape index (κ2) is 8.99. The zero-order valence-corrected chi connectivity index (χ0v) is 16.2. The van der Waals surface area contributed by atoms with Gasteiger partial charge in [0.1, 0.15) is 16.7 Å². The number of carbonyl (C=O) groups is 1. The molecule has 0 aliphatic rings. The smallest absolute Gasteiger partial charge is 0.244 e. The summed E-state index contributed by atoms with van der Waals surface area (Å²) in [6.45, 7) is 9.68. The van der Waals surface area contributed by atoms with Crippen molar-refractivity contribution in [2.75, 3.05) is 18.4 Å². The lowest BCUT2D eigenvalue weighted by molar-refractivity contribution is -0.131. The van der Waals surface area contributed by atoms with Gasteiger partial charge in [-0.3, -0.25) is 9.78 Å².